The van der Waals surface area contributed by atoms with Crippen molar-refractivity contribution in [2.45, 2.75) is 6.10 Å². The molecular formula is C9H8BrFO2. The fourth-order valence-corrected chi connectivity index (χ4v) is 1.67. The molecule has 4 heteroatoms. The highest BCUT2D eigenvalue weighted by Crippen LogP contribution is 2.39. The van der Waals surface area contributed by atoms with Crippen molar-refractivity contribution in [1.82, 2.24) is 0 Å². The quantitative estimate of drug-likeness (QED) is 0.749. The van der Waals surface area contributed by atoms with E-state index in [9.17, 15) is 4.39 Å². The fraction of sp³-hybridized carbons (Fsp3) is 0.333. The lowest BCUT2D eigenvalue weighted by Gasteiger charge is -2.07. The van der Waals surface area contributed by atoms with Crippen LogP contribution in [0.5, 0.6) is 5.75 Å². The van der Waals surface area contributed by atoms with Gasteiger partial charge in [0, 0.05) is 4.47 Å². The maximum absolute atomic E-state index is 13.4. The molecule has 0 saturated carbocycles. The van der Waals surface area contributed by atoms with Crippen LogP contribution in [-0.2, 0) is 4.74 Å². The minimum absolute atomic E-state index is 0.122. The maximum atomic E-state index is 13.4. The van der Waals surface area contributed by atoms with Crippen LogP contribution in [0.4, 0.5) is 4.39 Å². The van der Waals surface area contributed by atoms with Gasteiger partial charge in [0.25, 0.3) is 0 Å². The van der Waals surface area contributed by atoms with E-state index in [1.165, 1.54) is 13.2 Å². The van der Waals surface area contributed by atoms with Gasteiger partial charge in [-0.05, 0) is 12.1 Å². The van der Waals surface area contributed by atoms with E-state index in [1.807, 2.05) is 0 Å². The fourth-order valence-electron chi connectivity index (χ4n) is 1.26. The number of hydrogen-bond donors (Lipinski definition) is 0. The van der Waals surface area contributed by atoms with Gasteiger partial charge in [0.2, 0.25) is 0 Å². The van der Waals surface area contributed by atoms with Gasteiger partial charge in [-0.25, -0.2) is 4.39 Å². The number of epoxide rings is 1. The normalized spacial score (nSPS) is 20.1. The van der Waals surface area contributed by atoms with Crippen LogP contribution in [0.15, 0.2) is 16.6 Å². The second-order valence-corrected chi connectivity index (χ2v) is 3.74. The molecule has 0 bridgehead atoms. The molecule has 2 rings (SSSR count). The zero-order chi connectivity index (χ0) is 9.42. The van der Waals surface area contributed by atoms with E-state index in [0.29, 0.717) is 22.4 Å². The Kier molecular flexibility index (Phi) is 2.26. The Balaban J connectivity index is 2.50. The number of halogens is 2. The summed E-state index contributed by atoms with van der Waals surface area (Å²) in [7, 11) is 1.52. The highest BCUT2D eigenvalue weighted by atomic mass is 79.9. The summed E-state index contributed by atoms with van der Waals surface area (Å²) in [4.78, 5) is 0. The standard InChI is InChI=1S/C9H8BrFO2/c1-12-7-3-5(10)2-6(11)9(7)8-4-13-8/h2-3,8H,4H2,1H3/t8-/m1/s1. The van der Waals surface area contributed by atoms with E-state index in [-0.39, 0.29) is 11.9 Å². The molecular weight excluding hydrogens is 239 g/mol. The lowest BCUT2D eigenvalue weighted by molar-refractivity contribution is 0.374. The van der Waals surface area contributed by atoms with Gasteiger partial charge in [-0.1, -0.05) is 15.9 Å². The molecule has 13 heavy (non-hydrogen) atoms. The minimum atomic E-state index is -0.284. The van der Waals surface area contributed by atoms with Gasteiger partial charge in [-0.2, -0.15) is 0 Å². The SMILES string of the molecule is COc1cc(Br)cc(F)c1[C@H]1CO1. The predicted octanol–water partition coefficient (Wildman–Crippen LogP) is 2.67. The summed E-state index contributed by atoms with van der Waals surface area (Å²) in [5.41, 5.74) is 0.519. The third kappa shape index (κ3) is 1.69. The van der Waals surface area contributed by atoms with Crippen molar-refractivity contribution >= 4 is 15.9 Å². The van der Waals surface area contributed by atoms with Crippen molar-refractivity contribution in [2.24, 2.45) is 0 Å². The molecule has 0 amide bonds. The van der Waals surface area contributed by atoms with Gasteiger partial charge in [-0.15, -0.1) is 0 Å². The summed E-state index contributed by atoms with van der Waals surface area (Å²) in [6, 6.07) is 3.15. The van der Waals surface area contributed by atoms with Gasteiger partial charge < -0.3 is 9.47 Å². The zero-order valence-electron chi connectivity index (χ0n) is 7.01. The summed E-state index contributed by atoms with van der Waals surface area (Å²) in [6.45, 7) is 0.578. The average Bonchev–Trinajstić information content (AvgIpc) is 2.86. The zero-order valence-corrected chi connectivity index (χ0v) is 8.60. The second-order valence-electron chi connectivity index (χ2n) is 2.83. The Bertz CT molecular complexity index is 337. The predicted molar refractivity (Wildman–Crippen MR) is 49.3 cm³/mol. The van der Waals surface area contributed by atoms with Gasteiger partial charge in [-0.3, -0.25) is 0 Å². The Hall–Kier alpha value is -0.610. The number of methoxy groups -OCH3 is 1. The van der Waals surface area contributed by atoms with Crippen LogP contribution < -0.4 is 4.74 Å². The Morgan fingerprint density at radius 1 is 1.62 bits per heavy atom. The van der Waals surface area contributed by atoms with Crippen molar-refractivity contribution in [3.05, 3.63) is 28.0 Å². The van der Waals surface area contributed by atoms with E-state index in [0.717, 1.165) is 0 Å². The first-order valence-electron chi connectivity index (χ1n) is 3.87. The van der Waals surface area contributed by atoms with Gasteiger partial charge in [0.1, 0.15) is 17.7 Å². The third-order valence-corrected chi connectivity index (χ3v) is 2.39. The van der Waals surface area contributed by atoms with E-state index >= 15 is 0 Å². The van der Waals surface area contributed by atoms with Crippen LogP contribution in [0, 0.1) is 5.82 Å². The van der Waals surface area contributed by atoms with E-state index in [1.54, 1.807) is 6.07 Å². The summed E-state index contributed by atoms with van der Waals surface area (Å²) < 4.78 is 24.2. The maximum Gasteiger partial charge on any atom is 0.133 e. The van der Waals surface area contributed by atoms with Crippen LogP contribution in [0.2, 0.25) is 0 Å². The van der Waals surface area contributed by atoms with Crippen LogP contribution >= 0.6 is 15.9 Å². The molecule has 0 aromatic heterocycles. The monoisotopic (exact) mass is 246 g/mol. The lowest BCUT2D eigenvalue weighted by atomic mass is 10.1. The first kappa shape index (κ1) is 8.97. The highest BCUT2D eigenvalue weighted by Gasteiger charge is 2.31. The summed E-state index contributed by atoms with van der Waals surface area (Å²) in [5.74, 6) is 0.253. The Morgan fingerprint density at radius 3 is 2.85 bits per heavy atom. The highest BCUT2D eigenvalue weighted by molar-refractivity contribution is 9.10. The van der Waals surface area contributed by atoms with Gasteiger partial charge in [0.05, 0.1) is 19.3 Å². The van der Waals surface area contributed by atoms with Gasteiger partial charge in [0.15, 0.2) is 0 Å². The van der Waals surface area contributed by atoms with Crippen LogP contribution in [0.1, 0.15) is 11.7 Å². The van der Waals surface area contributed by atoms with Crippen LogP contribution in [-0.4, -0.2) is 13.7 Å². The molecule has 1 heterocycles. The molecule has 70 valence electrons. The minimum Gasteiger partial charge on any atom is -0.496 e. The first-order chi connectivity index (χ1) is 6.22. The molecule has 0 unspecified atom stereocenters. The van der Waals surface area contributed by atoms with Crippen molar-refractivity contribution < 1.29 is 13.9 Å². The van der Waals surface area contributed by atoms with E-state index in [2.05, 4.69) is 15.9 Å². The number of benzene rings is 1. The van der Waals surface area contributed by atoms with Crippen LogP contribution in [0.3, 0.4) is 0 Å². The Morgan fingerprint density at radius 2 is 2.31 bits per heavy atom. The summed E-state index contributed by atoms with van der Waals surface area (Å²) >= 11 is 3.20. The molecule has 1 atom stereocenters. The molecule has 1 fully saturated rings. The number of rotatable bonds is 2. The Labute approximate surface area is 83.8 Å². The second kappa shape index (κ2) is 3.27. The van der Waals surface area contributed by atoms with Crippen molar-refractivity contribution in [1.29, 1.82) is 0 Å². The molecule has 0 aliphatic carbocycles. The summed E-state index contributed by atoms with van der Waals surface area (Å²) in [5, 5.41) is 0. The molecule has 1 saturated heterocycles. The molecule has 0 spiro atoms. The van der Waals surface area contributed by atoms with Crippen LogP contribution in [0.25, 0.3) is 0 Å². The number of hydrogen-bond acceptors (Lipinski definition) is 2. The molecule has 0 N–H and O–H groups in total. The first-order valence-corrected chi connectivity index (χ1v) is 4.66. The third-order valence-electron chi connectivity index (χ3n) is 1.93. The summed E-state index contributed by atoms with van der Waals surface area (Å²) in [6.07, 6.45) is -0.122. The molecule has 2 nitrogen and oxygen atoms in total. The van der Waals surface area contributed by atoms with E-state index < -0.39 is 0 Å². The molecule has 1 aliphatic rings. The number of ether oxygens (including phenoxy) is 2. The lowest BCUT2D eigenvalue weighted by Crippen LogP contribution is -1.95. The molecule has 1 aliphatic heterocycles. The topological polar surface area (TPSA) is 21.8 Å². The largest absolute Gasteiger partial charge is 0.496 e. The molecule has 1 aromatic carbocycles. The van der Waals surface area contributed by atoms with E-state index in [4.69, 9.17) is 9.47 Å². The smallest absolute Gasteiger partial charge is 0.133 e. The van der Waals surface area contributed by atoms with Crippen molar-refractivity contribution in [3.8, 4) is 5.75 Å². The van der Waals surface area contributed by atoms with Crippen molar-refractivity contribution in [3.63, 3.8) is 0 Å². The average molecular weight is 247 g/mol. The molecule has 0 radical (unpaired) electrons. The van der Waals surface area contributed by atoms with Gasteiger partial charge >= 0.3 is 0 Å². The van der Waals surface area contributed by atoms with Crippen molar-refractivity contribution in [2.75, 3.05) is 13.7 Å². The molecule has 1 aromatic rings.